The highest BCUT2D eigenvalue weighted by Gasteiger charge is 2.24. The quantitative estimate of drug-likeness (QED) is 0.893. The fourth-order valence-corrected chi connectivity index (χ4v) is 2.41. The molecule has 2 rings (SSSR count). The van der Waals surface area contributed by atoms with Gasteiger partial charge in [0, 0.05) is 16.6 Å². The molecule has 0 fully saturated rings. The molecule has 0 spiro atoms. The summed E-state index contributed by atoms with van der Waals surface area (Å²) in [5.74, 6) is -0.271. The molecule has 2 aromatic carbocycles. The van der Waals surface area contributed by atoms with Gasteiger partial charge in [0.2, 0.25) is 0 Å². The van der Waals surface area contributed by atoms with Crippen molar-refractivity contribution in [3.8, 4) is 6.07 Å². The maximum Gasteiger partial charge on any atom is 0.126 e. The predicted octanol–water partition coefficient (Wildman–Crippen LogP) is 4.53. The third kappa shape index (κ3) is 3.82. The third-order valence-electron chi connectivity index (χ3n) is 2.96. The summed E-state index contributed by atoms with van der Waals surface area (Å²) in [6.45, 7) is 1.83. The van der Waals surface area contributed by atoms with Crippen molar-refractivity contribution >= 4 is 21.6 Å². The van der Waals surface area contributed by atoms with Gasteiger partial charge in [-0.3, -0.25) is 0 Å². The Morgan fingerprint density at radius 3 is 2.55 bits per heavy atom. The largest absolute Gasteiger partial charge is 0.367 e. The molecule has 0 amide bonds. The van der Waals surface area contributed by atoms with E-state index in [0.29, 0.717) is 6.42 Å². The number of nitrogens with zero attached hydrogens (tertiary/aromatic N) is 1. The third-order valence-corrected chi connectivity index (χ3v) is 3.46. The Morgan fingerprint density at radius 1 is 1.25 bits per heavy atom. The lowest BCUT2D eigenvalue weighted by molar-refractivity contribution is 0.620. The van der Waals surface area contributed by atoms with E-state index in [1.165, 1.54) is 12.1 Å². The molecule has 20 heavy (non-hydrogen) atoms. The second-order valence-electron chi connectivity index (χ2n) is 4.88. The molecule has 1 N–H and O–H groups in total. The molecular formula is C16H14BrFN2. The molecular weight excluding hydrogens is 319 g/mol. The van der Waals surface area contributed by atoms with Crippen molar-refractivity contribution in [3.05, 3.63) is 64.4 Å². The number of hydrogen-bond acceptors (Lipinski definition) is 2. The molecule has 0 bridgehead atoms. The SMILES string of the molecule is CC(C#N)(Cc1ccc(F)cc1)Nc1cccc(Br)c1. The molecule has 0 aliphatic carbocycles. The van der Waals surface area contributed by atoms with E-state index < -0.39 is 5.54 Å². The van der Waals surface area contributed by atoms with Gasteiger partial charge in [0.25, 0.3) is 0 Å². The summed E-state index contributed by atoms with van der Waals surface area (Å²) < 4.78 is 13.9. The first-order chi connectivity index (χ1) is 9.50. The van der Waals surface area contributed by atoms with Crippen LogP contribution in [0.5, 0.6) is 0 Å². The van der Waals surface area contributed by atoms with Crippen LogP contribution >= 0.6 is 15.9 Å². The van der Waals surface area contributed by atoms with Gasteiger partial charge >= 0.3 is 0 Å². The fraction of sp³-hybridized carbons (Fsp3) is 0.188. The average Bonchev–Trinajstić information content (AvgIpc) is 2.41. The Morgan fingerprint density at radius 2 is 1.95 bits per heavy atom. The molecule has 1 atom stereocenters. The highest BCUT2D eigenvalue weighted by atomic mass is 79.9. The van der Waals surface area contributed by atoms with Crippen LogP contribution in [0.25, 0.3) is 0 Å². The zero-order chi connectivity index (χ0) is 14.6. The number of halogens is 2. The minimum Gasteiger partial charge on any atom is -0.367 e. The number of hydrogen-bond donors (Lipinski definition) is 1. The molecule has 2 nitrogen and oxygen atoms in total. The van der Waals surface area contributed by atoms with E-state index in [1.54, 1.807) is 12.1 Å². The summed E-state index contributed by atoms with van der Waals surface area (Å²) in [6, 6.07) is 16.2. The minimum atomic E-state index is -0.751. The fourth-order valence-electron chi connectivity index (χ4n) is 2.01. The van der Waals surface area contributed by atoms with Gasteiger partial charge in [-0.1, -0.05) is 34.1 Å². The van der Waals surface area contributed by atoms with Crippen LogP contribution in [0.2, 0.25) is 0 Å². The monoisotopic (exact) mass is 332 g/mol. The van der Waals surface area contributed by atoms with E-state index in [0.717, 1.165) is 15.7 Å². The predicted molar refractivity (Wildman–Crippen MR) is 81.9 cm³/mol. The molecule has 0 saturated carbocycles. The van der Waals surface area contributed by atoms with Crippen LogP contribution in [0.4, 0.5) is 10.1 Å². The summed E-state index contributed by atoms with van der Waals surface area (Å²) in [5.41, 5.74) is 1.03. The number of benzene rings is 2. The molecule has 1 unspecified atom stereocenters. The van der Waals surface area contributed by atoms with Crippen LogP contribution in [0, 0.1) is 17.1 Å². The number of rotatable bonds is 4. The van der Waals surface area contributed by atoms with E-state index in [-0.39, 0.29) is 5.82 Å². The first-order valence-electron chi connectivity index (χ1n) is 6.20. The molecule has 4 heteroatoms. The lowest BCUT2D eigenvalue weighted by atomic mass is 9.94. The summed E-state index contributed by atoms with van der Waals surface area (Å²) in [4.78, 5) is 0. The topological polar surface area (TPSA) is 35.8 Å². The van der Waals surface area contributed by atoms with E-state index in [9.17, 15) is 9.65 Å². The summed E-state index contributed by atoms with van der Waals surface area (Å²) in [6.07, 6.45) is 0.496. The zero-order valence-corrected chi connectivity index (χ0v) is 12.6. The Bertz CT molecular complexity index is 634. The molecule has 0 saturated heterocycles. The Kier molecular flexibility index (Phi) is 4.41. The van der Waals surface area contributed by atoms with Gasteiger partial charge in [0.15, 0.2) is 0 Å². The molecule has 0 aromatic heterocycles. The lowest BCUT2D eigenvalue weighted by Gasteiger charge is -2.24. The summed E-state index contributed by atoms with van der Waals surface area (Å²) in [5, 5.41) is 12.7. The van der Waals surface area contributed by atoms with E-state index in [2.05, 4.69) is 27.3 Å². The molecule has 0 aliphatic heterocycles. The van der Waals surface area contributed by atoms with Crippen molar-refractivity contribution in [1.82, 2.24) is 0 Å². The van der Waals surface area contributed by atoms with Crippen LogP contribution in [0.1, 0.15) is 12.5 Å². The van der Waals surface area contributed by atoms with Gasteiger partial charge in [-0.05, 0) is 42.8 Å². The van der Waals surface area contributed by atoms with E-state index >= 15 is 0 Å². The summed E-state index contributed by atoms with van der Waals surface area (Å²) in [7, 11) is 0. The van der Waals surface area contributed by atoms with Gasteiger partial charge in [-0.2, -0.15) is 5.26 Å². The van der Waals surface area contributed by atoms with Crippen LogP contribution in [-0.4, -0.2) is 5.54 Å². The smallest absolute Gasteiger partial charge is 0.126 e. The highest BCUT2D eigenvalue weighted by molar-refractivity contribution is 9.10. The molecule has 0 aliphatic rings. The Hall–Kier alpha value is -1.86. The van der Waals surface area contributed by atoms with Crippen molar-refractivity contribution in [2.75, 3.05) is 5.32 Å². The molecule has 102 valence electrons. The first kappa shape index (κ1) is 14.5. The van der Waals surface area contributed by atoms with Gasteiger partial charge in [0.05, 0.1) is 6.07 Å². The van der Waals surface area contributed by atoms with Crippen LogP contribution in [0.3, 0.4) is 0 Å². The molecule has 2 aromatic rings. The zero-order valence-electron chi connectivity index (χ0n) is 11.0. The van der Waals surface area contributed by atoms with Gasteiger partial charge < -0.3 is 5.32 Å². The average molecular weight is 333 g/mol. The van der Waals surface area contributed by atoms with E-state index in [1.807, 2.05) is 31.2 Å². The van der Waals surface area contributed by atoms with Gasteiger partial charge in [-0.15, -0.1) is 0 Å². The first-order valence-corrected chi connectivity index (χ1v) is 6.99. The maximum atomic E-state index is 12.9. The second-order valence-corrected chi connectivity index (χ2v) is 5.80. The van der Waals surface area contributed by atoms with Gasteiger partial charge in [0.1, 0.15) is 11.4 Å². The van der Waals surface area contributed by atoms with Crippen LogP contribution < -0.4 is 5.32 Å². The molecule has 0 radical (unpaired) electrons. The van der Waals surface area contributed by atoms with Crippen molar-refractivity contribution in [2.24, 2.45) is 0 Å². The van der Waals surface area contributed by atoms with Crippen molar-refractivity contribution in [3.63, 3.8) is 0 Å². The normalized spacial score (nSPS) is 13.3. The minimum absolute atomic E-state index is 0.271. The lowest BCUT2D eigenvalue weighted by Crippen LogP contribution is -2.35. The number of anilines is 1. The van der Waals surface area contributed by atoms with Crippen molar-refractivity contribution < 1.29 is 4.39 Å². The number of nitrogens with one attached hydrogen (secondary N) is 1. The van der Waals surface area contributed by atoms with Crippen molar-refractivity contribution in [1.29, 1.82) is 5.26 Å². The van der Waals surface area contributed by atoms with Gasteiger partial charge in [-0.25, -0.2) is 4.39 Å². The van der Waals surface area contributed by atoms with Crippen molar-refractivity contribution in [2.45, 2.75) is 18.9 Å². The maximum absolute atomic E-state index is 12.9. The second kappa shape index (κ2) is 6.06. The number of nitriles is 1. The van der Waals surface area contributed by atoms with Crippen LogP contribution in [0.15, 0.2) is 53.0 Å². The Labute approximate surface area is 126 Å². The standard InChI is InChI=1S/C16H14BrFN2/c1-16(11-19,10-12-5-7-14(18)8-6-12)20-15-4-2-3-13(17)9-15/h2-9,20H,10H2,1H3. The molecule has 0 heterocycles. The van der Waals surface area contributed by atoms with Crippen LogP contribution in [-0.2, 0) is 6.42 Å². The highest BCUT2D eigenvalue weighted by Crippen LogP contribution is 2.22. The van der Waals surface area contributed by atoms with E-state index in [4.69, 9.17) is 0 Å². The summed E-state index contributed by atoms with van der Waals surface area (Å²) >= 11 is 3.40. The Balaban J connectivity index is 2.17.